The lowest BCUT2D eigenvalue weighted by molar-refractivity contribution is 0.379. The molecule has 0 saturated heterocycles. The van der Waals surface area contributed by atoms with Gasteiger partial charge in [0.05, 0.1) is 4.90 Å². The molecule has 1 aliphatic rings. The molecule has 1 N–H and O–H groups in total. The Hall–Kier alpha value is -0.580. The van der Waals surface area contributed by atoms with Crippen LogP contribution in [0.15, 0.2) is 23.1 Å². The molecule has 0 aromatic heterocycles. The summed E-state index contributed by atoms with van der Waals surface area (Å²) >= 11 is 6.17. The lowest BCUT2D eigenvalue weighted by atomic mass is 9.99. The second-order valence-electron chi connectivity index (χ2n) is 5.70. The first-order valence-electron chi connectivity index (χ1n) is 7.10. The zero-order valence-corrected chi connectivity index (χ0v) is 13.6. The van der Waals surface area contributed by atoms with Crippen molar-refractivity contribution in [1.82, 2.24) is 5.32 Å². The summed E-state index contributed by atoms with van der Waals surface area (Å²) in [4.78, 5) is 0.330. The van der Waals surface area contributed by atoms with E-state index in [9.17, 15) is 8.42 Å². The molecule has 0 amide bonds. The van der Waals surface area contributed by atoms with E-state index in [0.29, 0.717) is 34.0 Å². The predicted octanol–water partition coefficient (Wildman–Crippen LogP) is 3.41. The Balaban J connectivity index is 2.12. The average molecular weight is 316 g/mol. The Labute approximate surface area is 126 Å². The van der Waals surface area contributed by atoms with Crippen molar-refractivity contribution >= 4 is 21.4 Å². The van der Waals surface area contributed by atoms with Crippen LogP contribution in [-0.2, 0) is 16.4 Å². The second kappa shape index (κ2) is 6.46. The van der Waals surface area contributed by atoms with Crippen LogP contribution in [0, 0.1) is 5.92 Å². The maximum atomic E-state index is 11.8. The summed E-state index contributed by atoms with van der Waals surface area (Å²) < 4.78 is 23.6. The molecule has 1 saturated carbocycles. The van der Waals surface area contributed by atoms with E-state index in [4.69, 9.17) is 11.6 Å². The second-order valence-corrected chi connectivity index (χ2v) is 8.09. The fourth-order valence-electron chi connectivity index (χ4n) is 2.94. The molecule has 1 aromatic rings. The third-order valence-electron chi connectivity index (χ3n) is 4.18. The van der Waals surface area contributed by atoms with Crippen molar-refractivity contribution in [2.24, 2.45) is 5.92 Å². The van der Waals surface area contributed by atoms with E-state index in [1.54, 1.807) is 18.2 Å². The van der Waals surface area contributed by atoms with Crippen molar-refractivity contribution in [2.45, 2.75) is 50.1 Å². The summed E-state index contributed by atoms with van der Waals surface area (Å²) in [6.45, 7) is 2.67. The SMILES string of the molecule is C[C@@H](NCc1c(Cl)cccc1S(C)(=O)=O)C1CCCC1. The largest absolute Gasteiger partial charge is 0.310 e. The molecule has 1 fully saturated rings. The Bertz CT molecular complexity index is 565. The number of rotatable bonds is 5. The molecule has 0 aliphatic heterocycles. The molecule has 0 unspecified atom stereocenters. The highest BCUT2D eigenvalue weighted by Crippen LogP contribution is 2.29. The number of sulfone groups is 1. The molecule has 0 radical (unpaired) electrons. The summed E-state index contributed by atoms with van der Waals surface area (Å²) in [5, 5.41) is 3.96. The van der Waals surface area contributed by atoms with Gasteiger partial charge in [0.1, 0.15) is 0 Å². The molecule has 20 heavy (non-hydrogen) atoms. The summed E-state index contributed by atoms with van der Waals surface area (Å²) in [5.41, 5.74) is 0.682. The van der Waals surface area contributed by atoms with Gasteiger partial charge in [0.2, 0.25) is 0 Å². The normalized spacial score (nSPS) is 18.4. The van der Waals surface area contributed by atoms with E-state index < -0.39 is 9.84 Å². The zero-order valence-electron chi connectivity index (χ0n) is 12.0. The van der Waals surface area contributed by atoms with Crippen LogP contribution < -0.4 is 5.32 Å². The summed E-state index contributed by atoms with van der Waals surface area (Å²) in [7, 11) is -3.25. The smallest absolute Gasteiger partial charge is 0.175 e. The van der Waals surface area contributed by atoms with Crippen LogP contribution in [0.25, 0.3) is 0 Å². The van der Waals surface area contributed by atoms with Crippen molar-refractivity contribution in [3.8, 4) is 0 Å². The van der Waals surface area contributed by atoms with Crippen molar-refractivity contribution in [1.29, 1.82) is 0 Å². The molecule has 3 nitrogen and oxygen atoms in total. The van der Waals surface area contributed by atoms with Gasteiger partial charge in [0.15, 0.2) is 9.84 Å². The van der Waals surface area contributed by atoms with E-state index in [1.807, 2.05) is 0 Å². The lowest BCUT2D eigenvalue weighted by Gasteiger charge is -2.21. The molecule has 0 spiro atoms. The number of hydrogen-bond donors (Lipinski definition) is 1. The van der Waals surface area contributed by atoms with Crippen molar-refractivity contribution in [3.63, 3.8) is 0 Å². The van der Waals surface area contributed by atoms with Crippen molar-refractivity contribution < 1.29 is 8.42 Å². The molecule has 1 atom stereocenters. The van der Waals surface area contributed by atoms with E-state index in [2.05, 4.69) is 12.2 Å². The summed E-state index contributed by atoms with van der Waals surface area (Å²) in [6, 6.07) is 5.44. The monoisotopic (exact) mass is 315 g/mol. The highest BCUT2D eigenvalue weighted by atomic mass is 35.5. The Kier molecular flexibility index (Phi) is 5.10. The van der Waals surface area contributed by atoms with Gasteiger partial charge in [0.25, 0.3) is 0 Å². The number of nitrogens with one attached hydrogen (secondary N) is 1. The minimum absolute atomic E-state index is 0.330. The highest BCUT2D eigenvalue weighted by Gasteiger charge is 2.22. The molecule has 1 aromatic carbocycles. The maximum absolute atomic E-state index is 11.8. The van der Waals surface area contributed by atoms with Crippen molar-refractivity contribution in [3.05, 3.63) is 28.8 Å². The number of hydrogen-bond acceptors (Lipinski definition) is 3. The van der Waals surface area contributed by atoms with Crippen LogP contribution >= 0.6 is 11.6 Å². The van der Waals surface area contributed by atoms with Gasteiger partial charge < -0.3 is 5.32 Å². The fourth-order valence-corrected chi connectivity index (χ4v) is 4.20. The molecule has 5 heteroatoms. The quantitative estimate of drug-likeness (QED) is 0.905. The van der Waals surface area contributed by atoms with Crippen LogP contribution in [0.4, 0.5) is 0 Å². The van der Waals surface area contributed by atoms with Crippen LogP contribution in [0.2, 0.25) is 5.02 Å². The highest BCUT2D eigenvalue weighted by molar-refractivity contribution is 7.90. The summed E-state index contributed by atoms with van der Waals surface area (Å²) in [6.07, 6.45) is 6.35. The van der Waals surface area contributed by atoms with E-state index in [-0.39, 0.29) is 0 Å². The van der Waals surface area contributed by atoms with E-state index in [0.717, 1.165) is 0 Å². The first-order chi connectivity index (χ1) is 9.39. The van der Waals surface area contributed by atoms with Gasteiger partial charge in [-0.25, -0.2) is 8.42 Å². The molecular weight excluding hydrogens is 294 g/mol. The molecule has 2 rings (SSSR count). The third kappa shape index (κ3) is 3.74. The van der Waals surface area contributed by atoms with Gasteiger partial charge >= 0.3 is 0 Å². The van der Waals surface area contributed by atoms with Gasteiger partial charge in [-0.3, -0.25) is 0 Å². The van der Waals surface area contributed by atoms with Crippen LogP contribution in [0.5, 0.6) is 0 Å². The third-order valence-corrected chi connectivity index (χ3v) is 5.72. The predicted molar refractivity (Wildman–Crippen MR) is 82.8 cm³/mol. The topological polar surface area (TPSA) is 46.2 Å². The van der Waals surface area contributed by atoms with Gasteiger partial charge in [-0.05, 0) is 37.8 Å². The number of benzene rings is 1. The lowest BCUT2D eigenvalue weighted by Crippen LogP contribution is -2.32. The van der Waals surface area contributed by atoms with E-state index >= 15 is 0 Å². The molecule has 0 heterocycles. The first-order valence-corrected chi connectivity index (χ1v) is 9.37. The van der Waals surface area contributed by atoms with Crippen LogP contribution in [0.3, 0.4) is 0 Å². The minimum Gasteiger partial charge on any atom is -0.310 e. The molecule has 112 valence electrons. The van der Waals surface area contributed by atoms with Gasteiger partial charge in [-0.2, -0.15) is 0 Å². The molecule has 1 aliphatic carbocycles. The van der Waals surface area contributed by atoms with Crippen LogP contribution in [-0.4, -0.2) is 20.7 Å². The number of halogens is 1. The van der Waals surface area contributed by atoms with Gasteiger partial charge in [0, 0.05) is 29.4 Å². The first kappa shape index (κ1) is 15.8. The fraction of sp³-hybridized carbons (Fsp3) is 0.600. The van der Waals surface area contributed by atoms with Gasteiger partial charge in [-0.15, -0.1) is 0 Å². The zero-order chi connectivity index (χ0) is 14.8. The Morgan fingerprint density at radius 3 is 2.60 bits per heavy atom. The van der Waals surface area contributed by atoms with E-state index in [1.165, 1.54) is 31.9 Å². The van der Waals surface area contributed by atoms with Gasteiger partial charge in [-0.1, -0.05) is 30.5 Å². The van der Waals surface area contributed by atoms with Crippen molar-refractivity contribution in [2.75, 3.05) is 6.26 Å². The average Bonchev–Trinajstić information content (AvgIpc) is 2.89. The standard InChI is InChI=1S/C15H22ClNO2S/c1-11(12-6-3-4-7-12)17-10-13-14(16)8-5-9-15(13)20(2,18)19/h5,8-9,11-12,17H,3-4,6-7,10H2,1-2H3/t11-/m1/s1. The molecular formula is C15H22ClNO2S. The Morgan fingerprint density at radius 2 is 2.00 bits per heavy atom. The maximum Gasteiger partial charge on any atom is 0.175 e. The summed E-state index contributed by atoms with van der Waals surface area (Å²) in [5.74, 6) is 0.694. The van der Waals surface area contributed by atoms with Crippen LogP contribution in [0.1, 0.15) is 38.2 Å². The Morgan fingerprint density at radius 1 is 1.35 bits per heavy atom. The minimum atomic E-state index is -3.25. The molecule has 0 bridgehead atoms.